The Morgan fingerprint density at radius 3 is 2.50 bits per heavy atom. The number of hydrogen-bond donors (Lipinski definition) is 0. The van der Waals surface area contributed by atoms with Crippen LogP contribution in [-0.2, 0) is 9.53 Å². The van der Waals surface area contributed by atoms with E-state index in [4.69, 9.17) is 0 Å². The van der Waals surface area contributed by atoms with Crippen molar-refractivity contribution in [1.82, 2.24) is 0 Å². The van der Waals surface area contributed by atoms with Crippen LogP contribution in [0.1, 0.15) is 12.5 Å². The average Bonchev–Trinajstić information content (AvgIpc) is 2.23. The summed E-state index contributed by atoms with van der Waals surface area (Å²) in [5.74, 6) is -1.99. The van der Waals surface area contributed by atoms with E-state index in [2.05, 4.69) is 20.7 Å². The maximum Gasteiger partial charge on any atom is 0.330 e. The number of esters is 1. The topological polar surface area (TPSA) is 26.3 Å². The Bertz CT molecular complexity index is 407. The van der Waals surface area contributed by atoms with Crippen molar-refractivity contribution in [2.45, 2.75) is 6.92 Å². The van der Waals surface area contributed by atoms with Crippen LogP contribution in [0.2, 0.25) is 0 Å². The van der Waals surface area contributed by atoms with Crippen LogP contribution in [0.15, 0.2) is 22.7 Å². The van der Waals surface area contributed by atoms with Gasteiger partial charge in [0.25, 0.3) is 0 Å². The van der Waals surface area contributed by atoms with E-state index in [1.54, 1.807) is 6.92 Å². The van der Waals surface area contributed by atoms with Crippen LogP contribution in [0.4, 0.5) is 8.78 Å². The first-order chi connectivity index (χ1) is 7.54. The fraction of sp³-hybridized carbons (Fsp3) is 0.182. The van der Waals surface area contributed by atoms with Gasteiger partial charge < -0.3 is 4.74 Å². The Morgan fingerprint density at radius 1 is 1.44 bits per heavy atom. The average molecular weight is 291 g/mol. The summed E-state index contributed by atoms with van der Waals surface area (Å²) in [5, 5.41) is 0. The van der Waals surface area contributed by atoms with Gasteiger partial charge in [-0.2, -0.15) is 0 Å². The molecule has 0 spiro atoms. The van der Waals surface area contributed by atoms with Crippen molar-refractivity contribution in [1.29, 1.82) is 0 Å². The lowest BCUT2D eigenvalue weighted by Gasteiger charge is -1.99. The van der Waals surface area contributed by atoms with E-state index in [1.165, 1.54) is 6.08 Å². The van der Waals surface area contributed by atoms with E-state index in [1.807, 2.05) is 0 Å². The molecule has 0 radical (unpaired) electrons. The van der Waals surface area contributed by atoms with Gasteiger partial charge in [0.15, 0.2) is 0 Å². The van der Waals surface area contributed by atoms with Crippen molar-refractivity contribution in [3.05, 3.63) is 39.9 Å². The molecular formula is C11H9BrF2O2. The summed E-state index contributed by atoms with van der Waals surface area (Å²) in [6.45, 7) is 1.93. The zero-order valence-corrected chi connectivity index (χ0v) is 10.1. The summed E-state index contributed by atoms with van der Waals surface area (Å²) >= 11 is 2.75. The van der Waals surface area contributed by atoms with Gasteiger partial charge in [-0.3, -0.25) is 0 Å². The van der Waals surface area contributed by atoms with Gasteiger partial charge in [0.1, 0.15) is 11.6 Å². The molecule has 0 fully saturated rings. The van der Waals surface area contributed by atoms with Crippen LogP contribution in [0.25, 0.3) is 6.08 Å². The van der Waals surface area contributed by atoms with Crippen LogP contribution in [0, 0.1) is 11.6 Å². The van der Waals surface area contributed by atoms with Crippen molar-refractivity contribution in [2.24, 2.45) is 0 Å². The van der Waals surface area contributed by atoms with Crippen molar-refractivity contribution in [3.63, 3.8) is 0 Å². The second-order valence-corrected chi connectivity index (χ2v) is 3.68. The molecule has 1 aromatic rings. The highest BCUT2D eigenvalue weighted by molar-refractivity contribution is 9.10. The molecule has 0 aromatic heterocycles. The molecule has 86 valence electrons. The minimum absolute atomic E-state index is 0.221. The molecule has 0 unspecified atom stereocenters. The summed E-state index contributed by atoms with van der Waals surface area (Å²) in [6, 6.07) is 2.23. The molecule has 0 N–H and O–H groups in total. The predicted molar refractivity (Wildman–Crippen MR) is 59.7 cm³/mol. The van der Waals surface area contributed by atoms with Crippen LogP contribution in [0.5, 0.6) is 0 Å². The molecule has 16 heavy (non-hydrogen) atoms. The molecule has 5 heteroatoms. The van der Waals surface area contributed by atoms with Crippen LogP contribution in [-0.4, -0.2) is 12.6 Å². The molecule has 0 saturated heterocycles. The maximum atomic E-state index is 13.1. The van der Waals surface area contributed by atoms with Crippen molar-refractivity contribution in [2.75, 3.05) is 6.61 Å². The Labute approximate surface area is 100 Å². The van der Waals surface area contributed by atoms with Crippen LogP contribution >= 0.6 is 15.9 Å². The predicted octanol–water partition coefficient (Wildman–Crippen LogP) is 3.30. The van der Waals surface area contributed by atoms with Gasteiger partial charge in [-0.25, -0.2) is 13.6 Å². The monoisotopic (exact) mass is 290 g/mol. The van der Waals surface area contributed by atoms with E-state index in [-0.39, 0.29) is 16.6 Å². The molecule has 0 saturated carbocycles. The Kier molecular flexibility index (Phi) is 4.61. The zero-order valence-electron chi connectivity index (χ0n) is 8.47. The van der Waals surface area contributed by atoms with Crippen molar-refractivity contribution in [3.8, 4) is 0 Å². The second kappa shape index (κ2) is 5.75. The Hall–Kier alpha value is -1.23. The summed E-state index contributed by atoms with van der Waals surface area (Å²) < 4.78 is 30.6. The molecule has 1 aromatic carbocycles. The first-order valence-electron chi connectivity index (χ1n) is 4.54. The lowest BCUT2D eigenvalue weighted by molar-refractivity contribution is -0.137. The standard InChI is InChI=1S/C11H9BrF2O2/c1-2-16-10(15)4-3-7-5-8(13)11(12)9(14)6-7/h3-6H,2H2,1H3. The van der Waals surface area contributed by atoms with Gasteiger partial charge >= 0.3 is 5.97 Å². The molecule has 0 bridgehead atoms. The number of carbonyl (C=O) groups is 1. The molecule has 0 aliphatic heterocycles. The highest BCUT2D eigenvalue weighted by Crippen LogP contribution is 2.21. The highest BCUT2D eigenvalue weighted by atomic mass is 79.9. The number of halogens is 3. The van der Waals surface area contributed by atoms with E-state index in [9.17, 15) is 13.6 Å². The van der Waals surface area contributed by atoms with E-state index >= 15 is 0 Å². The second-order valence-electron chi connectivity index (χ2n) is 2.88. The minimum atomic E-state index is -0.719. The van der Waals surface area contributed by atoms with E-state index in [0.29, 0.717) is 0 Å². The summed E-state index contributed by atoms with van der Waals surface area (Å²) in [5.41, 5.74) is 0.256. The first kappa shape index (κ1) is 12.8. The van der Waals surface area contributed by atoms with E-state index in [0.717, 1.165) is 18.2 Å². The van der Waals surface area contributed by atoms with Gasteiger partial charge in [-0.05, 0) is 46.6 Å². The van der Waals surface area contributed by atoms with Crippen molar-refractivity contribution >= 4 is 28.0 Å². The third-order valence-electron chi connectivity index (χ3n) is 1.70. The molecule has 2 nitrogen and oxygen atoms in total. The fourth-order valence-corrected chi connectivity index (χ4v) is 1.25. The Balaban J connectivity index is 2.86. The van der Waals surface area contributed by atoms with E-state index < -0.39 is 17.6 Å². The number of rotatable bonds is 3. The van der Waals surface area contributed by atoms with Gasteiger partial charge in [0.2, 0.25) is 0 Å². The van der Waals surface area contributed by atoms with Gasteiger partial charge in [-0.15, -0.1) is 0 Å². The van der Waals surface area contributed by atoms with Gasteiger partial charge in [-0.1, -0.05) is 0 Å². The molecule has 0 aliphatic carbocycles. The molecule has 1 rings (SSSR count). The summed E-state index contributed by atoms with van der Waals surface area (Å²) in [7, 11) is 0. The van der Waals surface area contributed by atoms with Gasteiger partial charge in [0.05, 0.1) is 11.1 Å². The summed E-state index contributed by atoms with van der Waals surface area (Å²) in [4.78, 5) is 10.9. The molecular weight excluding hydrogens is 282 g/mol. The lowest BCUT2D eigenvalue weighted by atomic mass is 10.2. The third-order valence-corrected chi connectivity index (χ3v) is 2.46. The highest BCUT2D eigenvalue weighted by Gasteiger charge is 2.06. The first-order valence-corrected chi connectivity index (χ1v) is 5.33. The molecule has 0 aliphatic rings. The number of benzene rings is 1. The number of hydrogen-bond acceptors (Lipinski definition) is 2. The number of carbonyl (C=O) groups excluding carboxylic acids is 1. The maximum absolute atomic E-state index is 13.1. The lowest BCUT2D eigenvalue weighted by Crippen LogP contribution is -1.98. The van der Waals surface area contributed by atoms with Crippen LogP contribution in [0.3, 0.4) is 0 Å². The zero-order chi connectivity index (χ0) is 12.1. The third kappa shape index (κ3) is 3.41. The Morgan fingerprint density at radius 2 is 2.00 bits per heavy atom. The van der Waals surface area contributed by atoms with Gasteiger partial charge in [0, 0.05) is 6.08 Å². The molecule has 0 heterocycles. The largest absolute Gasteiger partial charge is 0.463 e. The minimum Gasteiger partial charge on any atom is -0.463 e. The molecule has 0 amide bonds. The quantitative estimate of drug-likeness (QED) is 0.485. The summed E-state index contributed by atoms with van der Waals surface area (Å²) in [6.07, 6.45) is 2.40. The SMILES string of the molecule is CCOC(=O)C=Cc1cc(F)c(Br)c(F)c1. The molecule has 0 atom stereocenters. The van der Waals surface area contributed by atoms with Crippen LogP contribution < -0.4 is 0 Å². The smallest absolute Gasteiger partial charge is 0.330 e. The normalized spacial score (nSPS) is 10.8. The fourth-order valence-electron chi connectivity index (χ4n) is 1.03. The van der Waals surface area contributed by atoms with Crippen molar-refractivity contribution < 1.29 is 18.3 Å². The number of ether oxygens (including phenoxy) is 1.